The molecule has 1 unspecified atom stereocenters. The molecule has 26 heavy (non-hydrogen) atoms. The van der Waals surface area contributed by atoms with Gasteiger partial charge in [0.05, 0.1) is 20.3 Å². The highest BCUT2D eigenvalue weighted by atomic mass is 16.7. The van der Waals surface area contributed by atoms with Crippen molar-refractivity contribution in [1.29, 1.82) is 0 Å². The second-order valence-corrected chi connectivity index (χ2v) is 5.76. The molecule has 1 amide bonds. The number of hydrogen-bond donors (Lipinski definition) is 1. The number of carbonyl (C=O) groups excluding carboxylic acids is 1. The van der Waals surface area contributed by atoms with Gasteiger partial charge in [-0.15, -0.1) is 0 Å². The van der Waals surface area contributed by atoms with E-state index in [4.69, 9.17) is 18.9 Å². The van der Waals surface area contributed by atoms with Crippen LogP contribution in [0.5, 0.6) is 23.0 Å². The lowest BCUT2D eigenvalue weighted by Gasteiger charge is -2.13. The van der Waals surface area contributed by atoms with Crippen molar-refractivity contribution in [3.63, 3.8) is 0 Å². The Kier molecular flexibility index (Phi) is 5.31. The first-order valence-corrected chi connectivity index (χ1v) is 8.21. The second-order valence-electron chi connectivity index (χ2n) is 5.76. The molecule has 1 aliphatic heterocycles. The molecule has 0 bridgehead atoms. The number of carbonyl (C=O) groups is 1. The van der Waals surface area contributed by atoms with Crippen molar-refractivity contribution in [2.75, 3.05) is 21.0 Å². The highest BCUT2D eigenvalue weighted by Crippen LogP contribution is 2.34. The number of fused-ring (bicyclic) bond motifs is 1. The lowest BCUT2D eigenvalue weighted by molar-refractivity contribution is -0.117. The minimum absolute atomic E-state index is 0.172. The van der Waals surface area contributed by atoms with E-state index in [0.29, 0.717) is 17.2 Å². The normalized spacial score (nSPS) is 13.5. The maximum absolute atomic E-state index is 12.3. The van der Waals surface area contributed by atoms with E-state index in [0.717, 1.165) is 16.9 Å². The molecule has 1 heterocycles. The summed E-state index contributed by atoms with van der Waals surface area (Å²) in [7, 11) is 3.14. The van der Waals surface area contributed by atoms with E-state index in [9.17, 15) is 4.79 Å². The number of amides is 1. The van der Waals surface area contributed by atoms with Crippen LogP contribution in [0.3, 0.4) is 0 Å². The summed E-state index contributed by atoms with van der Waals surface area (Å²) in [5, 5.41) is 2.93. The number of hydrogen-bond acceptors (Lipinski definition) is 5. The van der Waals surface area contributed by atoms with Crippen LogP contribution in [0, 0.1) is 0 Å². The third-order valence-electron chi connectivity index (χ3n) is 4.10. The summed E-state index contributed by atoms with van der Waals surface area (Å²) in [4.78, 5) is 12.3. The molecule has 0 aromatic heterocycles. The van der Waals surface area contributed by atoms with Crippen molar-refractivity contribution >= 4 is 12.0 Å². The van der Waals surface area contributed by atoms with E-state index in [1.54, 1.807) is 26.4 Å². The van der Waals surface area contributed by atoms with Crippen molar-refractivity contribution < 1.29 is 23.7 Å². The SMILES string of the molecule is COc1cccc(/C=C/C(=O)NC(C)c2ccc3c(c2)OCO3)c1OC. The molecule has 3 rings (SSSR count). The maximum Gasteiger partial charge on any atom is 0.244 e. The van der Waals surface area contributed by atoms with Crippen LogP contribution in [0.2, 0.25) is 0 Å². The Hall–Kier alpha value is -3.15. The summed E-state index contributed by atoms with van der Waals surface area (Å²) >= 11 is 0. The van der Waals surface area contributed by atoms with E-state index >= 15 is 0 Å². The Labute approximate surface area is 152 Å². The number of ether oxygens (including phenoxy) is 4. The lowest BCUT2D eigenvalue weighted by Crippen LogP contribution is -2.24. The number of para-hydroxylation sites is 1. The Morgan fingerprint density at radius 1 is 1.15 bits per heavy atom. The molecule has 0 saturated carbocycles. The van der Waals surface area contributed by atoms with Crippen LogP contribution in [-0.4, -0.2) is 26.9 Å². The summed E-state index contributed by atoms with van der Waals surface area (Å²) in [6, 6.07) is 11.0. The van der Waals surface area contributed by atoms with Crippen molar-refractivity contribution in [1.82, 2.24) is 5.32 Å². The number of rotatable bonds is 6. The standard InChI is InChI=1S/C20H21NO5/c1-13(15-7-9-16-18(11-15)26-12-25-16)21-19(22)10-8-14-5-4-6-17(23-2)20(14)24-3/h4-11,13H,12H2,1-3H3,(H,21,22)/b10-8+. The molecule has 1 aliphatic rings. The molecular formula is C20H21NO5. The molecule has 6 heteroatoms. The molecule has 0 aliphatic carbocycles. The monoisotopic (exact) mass is 355 g/mol. The quantitative estimate of drug-likeness (QED) is 0.805. The van der Waals surface area contributed by atoms with Gasteiger partial charge in [-0.3, -0.25) is 4.79 Å². The van der Waals surface area contributed by atoms with Gasteiger partial charge in [0, 0.05) is 11.6 Å². The van der Waals surface area contributed by atoms with Crippen LogP contribution in [0.25, 0.3) is 6.08 Å². The first kappa shape index (κ1) is 17.7. The van der Waals surface area contributed by atoms with Crippen LogP contribution >= 0.6 is 0 Å². The van der Waals surface area contributed by atoms with Crippen molar-refractivity contribution in [3.8, 4) is 23.0 Å². The van der Waals surface area contributed by atoms with Crippen LogP contribution in [0.15, 0.2) is 42.5 Å². The second kappa shape index (κ2) is 7.82. The largest absolute Gasteiger partial charge is 0.493 e. The van der Waals surface area contributed by atoms with Crippen LogP contribution in [-0.2, 0) is 4.79 Å². The van der Waals surface area contributed by atoms with Gasteiger partial charge in [-0.25, -0.2) is 0 Å². The lowest BCUT2D eigenvalue weighted by atomic mass is 10.1. The van der Waals surface area contributed by atoms with E-state index in [1.807, 2.05) is 37.3 Å². The van der Waals surface area contributed by atoms with E-state index in [2.05, 4.69) is 5.32 Å². The summed E-state index contributed by atoms with van der Waals surface area (Å²) < 4.78 is 21.3. The van der Waals surface area contributed by atoms with E-state index in [-0.39, 0.29) is 18.7 Å². The predicted molar refractivity (Wildman–Crippen MR) is 97.7 cm³/mol. The molecule has 0 spiro atoms. The average Bonchev–Trinajstić information content (AvgIpc) is 3.13. The van der Waals surface area contributed by atoms with Gasteiger partial charge in [0.2, 0.25) is 12.7 Å². The third kappa shape index (κ3) is 3.74. The molecule has 6 nitrogen and oxygen atoms in total. The van der Waals surface area contributed by atoms with Gasteiger partial charge in [-0.05, 0) is 36.8 Å². The molecule has 1 atom stereocenters. The van der Waals surface area contributed by atoms with Gasteiger partial charge >= 0.3 is 0 Å². The van der Waals surface area contributed by atoms with Gasteiger partial charge in [0.15, 0.2) is 23.0 Å². The smallest absolute Gasteiger partial charge is 0.244 e. The molecule has 2 aromatic carbocycles. The van der Waals surface area contributed by atoms with Gasteiger partial charge < -0.3 is 24.3 Å². The fourth-order valence-electron chi connectivity index (χ4n) is 2.74. The van der Waals surface area contributed by atoms with Crippen LogP contribution in [0.4, 0.5) is 0 Å². The maximum atomic E-state index is 12.3. The minimum atomic E-state index is -0.208. The molecule has 0 fully saturated rings. The van der Waals surface area contributed by atoms with Gasteiger partial charge in [-0.2, -0.15) is 0 Å². The Bertz CT molecular complexity index is 831. The third-order valence-corrected chi connectivity index (χ3v) is 4.10. The Morgan fingerprint density at radius 3 is 2.73 bits per heavy atom. The molecule has 136 valence electrons. The summed E-state index contributed by atoms with van der Waals surface area (Å²) in [5.41, 5.74) is 1.70. The Balaban J connectivity index is 1.68. The summed E-state index contributed by atoms with van der Waals surface area (Å²) in [6.45, 7) is 2.14. The number of benzene rings is 2. The molecule has 2 aromatic rings. The van der Waals surface area contributed by atoms with Crippen molar-refractivity contribution in [2.24, 2.45) is 0 Å². The van der Waals surface area contributed by atoms with E-state index in [1.165, 1.54) is 6.08 Å². The van der Waals surface area contributed by atoms with Gasteiger partial charge in [0.1, 0.15) is 0 Å². The van der Waals surface area contributed by atoms with E-state index < -0.39 is 0 Å². The minimum Gasteiger partial charge on any atom is -0.493 e. The zero-order chi connectivity index (χ0) is 18.5. The zero-order valence-corrected chi connectivity index (χ0v) is 14.9. The number of nitrogens with one attached hydrogen (secondary N) is 1. The Morgan fingerprint density at radius 2 is 1.96 bits per heavy atom. The number of methoxy groups -OCH3 is 2. The first-order valence-electron chi connectivity index (χ1n) is 8.21. The summed E-state index contributed by atoms with van der Waals surface area (Å²) in [6.07, 6.45) is 3.17. The van der Waals surface area contributed by atoms with Gasteiger partial charge in [0.25, 0.3) is 0 Å². The molecule has 0 radical (unpaired) electrons. The fourth-order valence-corrected chi connectivity index (χ4v) is 2.74. The summed E-state index contributed by atoms with van der Waals surface area (Å²) in [5.74, 6) is 2.41. The zero-order valence-electron chi connectivity index (χ0n) is 14.9. The molecular weight excluding hydrogens is 334 g/mol. The topological polar surface area (TPSA) is 66.0 Å². The molecule has 1 N–H and O–H groups in total. The van der Waals surface area contributed by atoms with Crippen LogP contribution < -0.4 is 24.3 Å². The molecule has 0 saturated heterocycles. The first-order chi connectivity index (χ1) is 12.6. The highest BCUT2D eigenvalue weighted by Gasteiger charge is 2.16. The highest BCUT2D eigenvalue weighted by molar-refractivity contribution is 5.92. The fraction of sp³-hybridized carbons (Fsp3) is 0.250. The average molecular weight is 355 g/mol. The predicted octanol–water partition coefficient (Wildman–Crippen LogP) is 3.32. The van der Waals surface area contributed by atoms with Gasteiger partial charge in [-0.1, -0.05) is 18.2 Å². The van der Waals surface area contributed by atoms with Crippen LogP contribution in [0.1, 0.15) is 24.1 Å². The van der Waals surface area contributed by atoms with Crippen molar-refractivity contribution in [3.05, 3.63) is 53.6 Å². The van der Waals surface area contributed by atoms with Crippen molar-refractivity contribution in [2.45, 2.75) is 13.0 Å².